The van der Waals surface area contributed by atoms with Gasteiger partial charge in [-0.15, -0.1) is 47.0 Å². The maximum absolute atomic E-state index is 9.51. The Bertz CT molecular complexity index is 511. The van der Waals surface area contributed by atoms with Gasteiger partial charge >= 0.3 is 0 Å². The van der Waals surface area contributed by atoms with Crippen molar-refractivity contribution in [3.63, 3.8) is 0 Å². The van der Waals surface area contributed by atoms with Crippen LogP contribution >= 0.6 is 94.1 Å². The highest BCUT2D eigenvalue weighted by molar-refractivity contribution is 8.45. The minimum Gasteiger partial charge on any atom is -0.395 e. The van der Waals surface area contributed by atoms with Gasteiger partial charge in [-0.3, -0.25) is 0 Å². The minimum atomic E-state index is 0.0942. The van der Waals surface area contributed by atoms with Gasteiger partial charge in [0.2, 0.25) is 0 Å². The van der Waals surface area contributed by atoms with Crippen LogP contribution in [0.25, 0.3) is 0 Å². The van der Waals surface area contributed by atoms with Crippen LogP contribution in [0.15, 0.2) is 25.4 Å². The second-order valence-electron chi connectivity index (χ2n) is 4.22. The Balaban J connectivity index is 1.74. The van der Waals surface area contributed by atoms with Crippen molar-refractivity contribution in [1.29, 1.82) is 0 Å². The van der Waals surface area contributed by atoms with Crippen molar-refractivity contribution in [2.24, 2.45) is 0 Å². The molecule has 0 fully saturated rings. The predicted octanol–water partition coefficient (Wildman–Crippen LogP) is 5.25. The molecule has 0 saturated carbocycles. The molecule has 0 amide bonds. The molecule has 2 N–H and O–H groups in total. The summed E-state index contributed by atoms with van der Waals surface area (Å²) < 4.78 is 8.11. The average molecular weight is 447 g/mol. The van der Waals surface area contributed by atoms with E-state index in [0.717, 1.165) is 0 Å². The first kappa shape index (κ1) is 18.7. The van der Waals surface area contributed by atoms with Crippen LogP contribution in [0.4, 0.5) is 0 Å². The second kappa shape index (κ2) is 8.55. The van der Waals surface area contributed by atoms with Gasteiger partial charge in [0.1, 0.15) is 0 Å². The first-order chi connectivity index (χ1) is 10.7. The largest absolute Gasteiger partial charge is 0.395 e. The summed E-state index contributed by atoms with van der Waals surface area (Å²) in [5.74, 6) is 0. The topological polar surface area (TPSA) is 40.5 Å². The number of aliphatic hydroxyl groups excluding tert-OH is 2. The third-order valence-electron chi connectivity index (χ3n) is 2.90. The Labute approximate surface area is 164 Å². The molecule has 0 saturated heterocycles. The summed E-state index contributed by atoms with van der Waals surface area (Å²) in [5.41, 5.74) is 0. The van der Waals surface area contributed by atoms with E-state index in [1.165, 1.54) is 25.4 Å². The molecule has 0 bridgehead atoms. The molecule has 0 aliphatic carbocycles. The van der Waals surface area contributed by atoms with Crippen molar-refractivity contribution in [3.8, 4) is 0 Å². The van der Waals surface area contributed by atoms with Crippen LogP contribution in [0, 0.1) is 0 Å². The fraction of sp³-hybridized carbons (Fsp3) is 0.500. The highest BCUT2D eigenvalue weighted by atomic mass is 32.3. The number of rotatable bonds is 4. The van der Waals surface area contributed by atoms with Gasteiger partial charge < -0.3 is 10.2 Å². The fourth-order valence-electron chi connectivity index (χ4n) is 1.84. The standard InChI is InChI=1S/C12H14O2S8/c1-15-7-8(16-2)20-11(19-7)12-21-9-10(22-12)18-6(4-14)5(3-13)17-9/h5-6,13-14H,3-4H2,1-2H3. The third kappa shape index (κ3) is 3.86. The lowest BCUT2D eigenvalue weighted by molar-refractivity contribution is 0.253. The van der Waals surface area contributed by atoms with Crippen LogP contribution in [0.2, 0.25) is 0 Å². The zero-order valence-corrected chi connectivity index (χ0v) is 18.3. The highest BCUT2D eigenvalue weighted by Gasteiger charge is 2.37. The van der Waals surface area contributed by atoms with E-state index in [-0.39, 0.29) is 23.7 Å². The lowest BCUT2D eigenvalue weighted by atomic mass is 10.3. The second-order valence-corrected chi connectivity index (χ2v) is 14.0. The summed E-state index contributed by atoms with van der Waals surface area (Å²) >= 11 is 14.5. The molecule has 3 rings (SSSR count). The van der Waals surface area contributed by atoms with Gasteiger partial charge in [-0.1, -0.05) is 47.0 Å². The van der Waals surface area contributed by atoms with E-state index in [0.29, 0.717) is 0 Å². The fourth-order valence-corrected chi connectivity index (χ4v) is 13.6. The monoisotopic (exact) mass is 446 g/mol. The Hall–Kier alpha value is 1.94. The molecule has 0 aromatic heterocycles. The summed E-state index contributed by atoms with van der Waals surface area (Å²) in [5, 5.41) is 19.2. The van der Waals surface area contributed by atoms with Crippen molar-refractivity contribution in [1.82, 2.24) is 0 Å². The van der Waals surface area contributed by atoms with Crippen LogP contribution < -0.4 is 0 Å². The number of aliphatic hydroxyl groups is 2. The van der Waals surface area contributed by atoms with Gasteiger partial charge in [0.25, 0.3) is 0 Å². The van der Waals surface area contributed by atoms with E-state index in [1.807, 2.05) is 70.6 Å². The molecule has 2 unspecified atom stereocenters. The van der Waals surface area contributed by atoms with Crippen LogP contribution in [0.5, 0.6) is 0 Å². The van der Waals surface area contributed by atoms with E-state index >= 15 is 0 Å². The quantitative estimate of drug-likeness (QED) is 0.598. The number of hydrogen-bond acceptors (Lipinski definition) is 10. The van der Waals surface area contributed by atoms with Crippen molar-refractivity contribution >= 4 is 94.1 Å². The zero-order valence-electron chi connectivity index (χ0n) is 11.7. The molecule has 0 aromatic carbocycles. The highest BCUT2D eigenvalue weighted by Crippen LogP contribution is 2.67. The van der Waals surface area contributed by atoms with Crippen LogP contribution in [-0.2, 0) is 0 Å². The Morgan fingerprint density at radius 2 is 1.14 bits per heavy atom. The van der Waals surface area contributed by atoms with E-state index in [4.69, 9.17) is 0 Å². The zero-order chi connectivity index (χ0) is 15.7. The first-order valence-electron chi connectivity index (χ1n) is 6.27. The van der Waals surface area contributed by atoms with Gasteiger partial charge in [0, 0.05) is 10.5 Å². The van der Waals surface area contributed by atoms with E-state index in [9.17, 15) is 10.2 Å². The van der Waals surface area contributed by atoms with Crippen LogP contribution in [0.1, 0.15) is 0 Å². The van der Waals surface area contributed by atoms with E-state index < -0.39 is 0 Å². The Morgan fingerprint density at radius 1 is 0.727 bits per heavy atom. The maximum atomic E-state index is 9.51. The van der Waals surface area contributed by atoms with Crippen LogP contribution in [0.3, 0.4) is 0 Å². The SMILES string of the molecule is CSC1=C(SC)SC(=C2SC3=C(S2)SC(CO)C(CO)S3)S1. The molecule has 22 heavy (non-hydrogen) atoms. The van der Waals surface area contributed by atoms with E-state index in [1.54, 1.807) is 23.5 Å². The molecule has 2 nitrogen and oxygen atoms in total. The van der Waals surface area contributed by atoms with Gasteiger partial charge in [-0.25, -0.2) is 0 Å². The van der Waals surface area contributed by atoms with Gasteiger partial charge in [0.15, 0.2) is 0 Å². The van der Waals surface area contributed by atoms with Gasteiger partial charge in [-0.05, 0) is 12.5 Å². The van der Waals surface area contributed by atoms with Crippen molar-refractivity contribution in [3.05, 3.63) is 25.4 Å². The van der Waals surface area contributed by atoms with Gasteiger partial charge in [0.05, 0.1) is 38.6 Å². The smallest absolute Gasteiger partial charge is 0.0717 e. The molecular weight excluding hydrogens is 433 g/mol. The molecule has 2 atom stereocenters. The molecule has 3 aliphatic heterocycles. The van der Waals surface area contributed by atoms with E-state index in [2.05, 4.69) is 12.5 Å². The molecule has 0 aromatic rings. The Morgan fingerprint density at radius 3 is 1.50 bits per heavy atom. The third-order valence-corrected chi connectivity index (χ3v) is 14.9. The summed E-state index contributed by atoms with van der Waals surface area (Å²) in [6, 6.07) is 0. The summed E-state index contributed by atoms with van der Waals surface area (Å²) in [7, 11) is 0. The van der Waals surface area contributed by atoms with Crippen molar-refractivity contribution < 1.29 is 10.2 Å². The summed E-state index contributed by atoms with van der Waals surface area (Å²) in [6.07, 6.45) is 4.27. The first-order valence-corrected chi connectivity index (χ1v) is 13.7. The average Bonchev–Trinajstić information content (AvgIpc) is 3.15. The molecule has 122 valence electrons. The number of thioether (sulfide) groups is 8. The Kier molecular flexibility index (Phi) is 7.28. The summed E-state index contributed by atoms with van der Waals surface area (Å²) in [4.78, 5) is 0. The lowest BCUT2D eigenvalue weighted by Crippen LogP contribution is -2.29. The molecule has 0 spiro atoms. The maximum Gasteiger partial charge on any atom is 0.0717 e. The molecule has 3 heterocycles. The lowest BCUT2D eigenvalue weighted by Gasteiger charge is -2.27. The normalized spacial score (nSPS) is 28.9. The minimum absolute atomic E-state index is 0.0942. The predicted molar refractivity (Wildman–Crippen MR) is 115 cm³/mol. The number of hydrogen-bond donors (Lipinski definition) is 2. The van der Waals surface area contributed by atoms with Crippen molar-refractivity contribution in [2.75, 3.05) is 25.7 Å². The molecular formula is C12H14O2S8. The summed E-state index contributed by atoms with van der Waals surface area (Å²) in [6.45, 7) is 0.240. The molecule has 3 aliphatic rings. The molecule has 10 heteroatoms. The van der Waals surface area contributed by atoms with Crippen molar-refractivity contribution in [2.45, 2.75) is 10.5 Å². The van der Waals surface area contributed by atoms with Crippen LogP contribution in [-0.4, -0.2) is 46.4 Å². The van der Waals surface area contributed by atoms with Gasteiger partial charge in [-0.2, -0.15) is 0 Å². The molecule has 0 radical (unpaired) electrons.